The number of hydrogen-bond donors (Lipinski definition) is 1. The molecule has 2 aromatic carbocycles. The average molecular weight is 367 g/mol. The van der Waals surface area contributed by atoms with Crippen molar-refractivity contribution in [3.05, 3.63) is 59.7 Å². The van der Waals surface area contributed by atoms with Gasteiger partial charge in [0.25, 0.3) is 5.91 Å². The van der Waals surface area contributed by atoms with E-state index in [9.17, 15) is 21.6 Å². The Bertz CT molecular complexity index is 962. The molecule has 0 atom stereocenters. The van der Waals surface area contributed by atoms with Crippen LogP contribution in [0.15, 0.2) is 53.4 Å². The fourth-order valence-electron chi connectivity index (χ4n) is 2.06. The highest BCUT2D eigenvalue weighted by Crippen LogP contribution is 2.16. The second kappa shape index (κ2) is 6.74. The molecule has 8 heteroatoms. The van der Waals surface area contributed by atoms with Gasteiger partial charge in [0.05, 0.1) is 10.6 Å². The molecule has 2 rings (SSSR count). The first-order valence-corrected chi connectivity index (χ1v) is 10.9. The predicted octanol–water partition coefficient (Wildman–Crippen LogP) is 1.89. The number of benzene rings is 2. The van der Waals surface area contributed by atoms with Gasteiger partial charge in [-0.1, -0.05) is 18.2 Å². The largest absolute Gasteiger partial charge is 0.322 e. The van der Waals surface area contributed by atoms with Crippen LogP contribution in [0.3, 0.4) is 0 Å². The first kappa shape index (κ1) is 18.2. The molecule has 0 heterocycles. The van der Waals surface area contributed by atoms with Crippen LogP contribution in [0.5, 0.6) is 0 Å². The Morgan fingerprint density at radius 3 is 2.12 bits per heavy atom. The SMILES string of the molecule is CS(=O)(=O)Cc1ccc(C(=O)Nc2cccc(S(C)(=O)=O)c2)cc1. The van der Waals surface area contributed by atoms with E-state index in [-0.39, 0.29) is 10.6 Å². The molecule has 0 radical (unpaired) electrons. The maximum atomic E-state index is 12.2. The van der Waals surface area contributed by atoms with E-state index in [0.717, 1.165) is 12.5 Å². The van der Waals surface area contributed by atoms with Crippen molar-refractivity contribution in [1.29, 1.82) is 0 Å². The molecule has 128 valence electrons. The highest BCUT2D eigenvalue weighted by atomic mass is 32.2. The summed E-state index contributed by atoms with van der Waals surface area (Å²) in [4.78, 5) is 12.3. The number of carbonyl (C=O) groups excluding carboxylic acids is 1. The van der Waals surface area contributed by atoms with Crippen molar-refractivity contribution in [3.63, 3.8) is 0 Å². The Kier molecular flexibility index (Phi) is 5.10. The molecular formula is C16H17NO5S2. The number of amides is 1. The van der Waals surface area contributed by atoms with Gasteiger partial charge in [0, 0.05) is 23.8 Å². The number of nitrogens with one attached hydrogen (secondary N) is 1. The smallest absolute Gasteiger partial charge is 0.255 e. The molecule has 24 heavy (non-hydrogen) atoms. The Morgan fingerprint density at radius 2 is 1.58 bits per heavy atom. The second-order valence-corrected chi connectivity index (χ2v) is 9.68. The molecule has 0 aliphatic rings. The number of hydrogen-bond acceptors (Lipinski definition) is 5. The molecular weight excluding hydrogens is 350 g/mol. The number of rotatable bonds is 5. The molecule has 0 spiro atoms. The van der Waals surface area contributed by atoms with Gasteiger partial charge in [0.15, 0.2) is 19.7 Å². The Labute approximate surface area is 141 Å². The van der Waals surface area contributed by atoms with Crippen LogP contribution in [0.2, 0.25) is 0 Å². The molecule has 2 aromatic rings. The summed E-state index contributed by atoms with van der Waals surface area (Å²) in [6, 6.07) is 12.2. The van der Waals surface area contributed by atoms with Crippen molar-refractivity contribution in [3.8, 4) is 0 Å². The van der Waals surface area contributed by atoms with Crippen molar-refractivity contribution in [2.75, 3.05) is 17.8 Å². The summed E-state index contributed by atoms with van der Waals surface area (Å²) in [5.74, 6) is -0.503. The average Bonchev–Trinajstić information content (AvgIpc) is 2.45. The highest BCUT2D eigenvalue weighted by Gasteiger charge is 2.11. The minimum atomic E-state index is -3.36. The van der Waals surface area contributed by atoms with E-state index in [1.807, 2.05) is 0 Å². The third kappa shape index (κ3) is 5.17. The van der Waals surface area contributed by atoms with Gasteiger partial charge in [-0.15, -0.1) is 0 Å². The standard InChI is InChI=1S/C16H17NO5S2/c1-23(19,20)11-12-6-8-13(9-7-12)16(18)17-14-4-3-5-15(10-14)24(2,21)22/h3-10H,11H2,1-2H3,(H,17,18). The first-order valence-electron chi connectivity index (χ1n) is 6.93. The lowest BCUT2D eigenvalue weighted by molar-refractivity contribution is 0.102. The summed E-state index contributed by atoms with van der Waals surface area (Å²) in [6.07, 6.45) is 2.23. The molecule has 0 fully saturated rings. The lowest BCUT2D eigenvalue weighted by atomic mass is 10.1. The third-order valence-electron chi connectivity index (χ3n) is 3.17. The van der Waals surface area contributed by atoms with Crippen molar-refractivity contribution >= 4 is 31.3 Å². The topological polar surface area (TPSA) is 97.4 Å². The highest BCUT2D eigenvalue weighted by molar-refractivity contribution is 7.90. The fourth-order valence-corrected chi connectivity index (χ4v) is 3.53. The van der Waals surface area contributed by atoms with Crippen LogP contribution in [0.1, 0.15) is 15.9 Å². The predicted molar refractivity (Wildman–Crippen MR) is 92.5 cm³/mol. The molecule has 0 unspecified atom stereocenters. The van der Waals surface area contributed by atoms with Gasteiger partial charge in [-0.2, -0.15) is 0 Å². The van der Waals surface area contributed by atoms with Gasteiger partial charge < -0.3 is 5.32 Å². The van der Waals surface area contributed by atoms with Crippen LogP contribution < -0.4 is 5.32 Å². The maximum Gasteiger partial charge on any atom is 0.255 e. The molecule has 1 amide bonds. The Balaban J connectivity index is 2.16. The van der Waals surface area contributed by atoms with Gasteiger partial charge in [-0.3, -0.25) is 4.79 Å². The molecule has 0 aliphatic heterocycles. The first-order chi connectivity index (χ1) is 11.0. The second-order valence-electron chi connectivity index (χ2n) is 5.52. The van der Waals surface area contributed by atoms with Gasteiger partial charge in [-0.25, -0.2) is 16.8 Å². The van der Waals surface area contributed by atoms with E-state index >= 15 is 0 Å². The monoisotopic (exact) mass is 367 g/mol. The van der Waals surface area contributed by atoms with Crippen LogP contribution in [0.4, 0.5) is 5.69 Å². The van der Waals surface area contributed by atoms with Gasteiger partial charge in [0.2, 0.25) is 0 Å². The zero-order chi connectivity index (χ0) is 18.0. The molecule has 0 aromatic heterocycles. The number of carbonyl (C=O) groups is 1. The molecule has 0 aliphatic carbocycles. The van der Waals surface area contributed by atoms with E-state index in [1.165, 1.54) is 24.3 Å². The maximum absolute atomic E-state index is 12.2. The van der Waals surface area contributed by atoms with Crippen molar-refractivity contribution in [2.45, 2.75) is 10.6 Å². The summed E-state index contributed by atoms with van der Waals surface area (Å²) in [5.41, 5.74) is 1.30. The van der Waals surface area contributed by atoms with Crippen LogP contribution >= 0.6 is 0 Å². The molecule has 0 saturated heterocycles. The van der Waals surface area contributed by atoms with Crippen molar-refractivity contribution in [1.82, 2.24) is 0 Å². The van der Waals surface area contributed by atoms with Crippen molar-refractivity contribution in [2.24, 2.45) is 0 Å². The van der Waals surface area contributed by atoms with E-state index < -0.39 is 25.6 Å². The van der Waals surface area contributed by atoms with E-state index in [1.54, 1.807) is 24.3 Å². The van der Waals surface area contributed by atoms with Gasteiger partial charge in [-0.05, 0) is 35.9 Å². The number of anilines is 1. The summed E-state index contributed by atoms with van der Waals surface area (Å²) in [7, 11) is -6.49. The minimum absolute atomic E-state index is 0.0920. The lowest BCUT2D eigenvalue weighted by Crippen LogP contribution is -2.12. The zero-order valence-corrected chi connectivity index (χ0v) is 14.8. The van der Waals surface area contributed by atoms with Crippen molar-refractivity contribution < 1.29 is 21.6 Å². The third-order valence-corrected chi connectivity index (χ3v) is 5.13. The molecule has 0 saturated carbocycles. The summed E-state index contributed by atoms with van der Waals surface area (Å²) in [5, 5.41) is 2.62. The van der Waals surface area contributed by atoms with Crippen LogP contribution in [-0.4, -0.2) is 35.3 Å². The van der Waals surface area contributed by atoms with Gasteiger partial charge in [0.1, 0.15) is 0 Å². The Hall–Kier alpha value is -2.19. The molecule has 6 nitrogen and oxygen atoms in total. The van der Waals surface area contributed by atoms with Crippen LogP contribution in [0.25, 0.3) is 0 Å². The zero-order valence-electron chi connectivity index (χ0n) is 13.2. The lowest BCUT2D eigenvalue weighted by Gasteiger charge is -2.07. The van der Waals surface area contributed by atoms with Gasteiger partial charge >= 0.3 is 0 Å². The van der Waals surface area contributed by atoms with Crippen LogP contribution in [-0.2, 0) is 25.4 Å². The Morgan fingerprint density at radius 1 is 0.958 bits per heavy atom. The summed E-state index contributed by atoms with van der Waals surface area (Å²) < 4.78 is 45.6. The van der Waals surface area contributed by atoms with E-state index in [0.29, 0.717) is 16.8 Å². The number of sulfone groups is 2. The molecule has 1 N–H and O–H groups in total. The summed E-state index contributed by atoms with van der Waals surface area (Å²) in [6.45, 7) is 0. The fraction of sp³-hybridized carbons (Fsp3) is 0.188. The normalized spacial score (nSPS) is 11.9. The van der Waals surface area contributed by atoms with E-state index in [2.05, 4.69) is 5.32 Å². The van der Waals surface area contributed by atoms with Crippen LogP contribution in [0, 0.1) is 0 Å². The molecule has 0 bridgehead atoms. The van der Waals surface area contributed by atoms with E-state index in [4.69, 9.17) is 0 Å². The summed E-state index contributed by atoms with van der Waals surface area (Å²) >= 11 is 0. The quantitative estimate of drug-likeness (QED) is 0.870. The minimum Gasteiger partial charge on any atom is -0.322 e.